The first-order chi connectivity index (χ1) is 8.22. The number of amides is 1. The van der Waals surface area contributed by atoms with Crippen LogP contribution in [0.5, 0.6) is 0 Å². The number of hydrogen-bond acceptors (Lipinski definition) is 4. The van der Waals surface area contributed by atoms with Gasteiger partial charge in [0.25, 0.3) is 0 Å². The lowest BCUT2D eigenvalue weighted by Gasteiger charge is -2.18. The van der Waals surface area contributed by atoms with Gasteiger partial charge in [0, 0.05) is 11.4 Å². The van der Waals surface area contributed by atoms with E-state index in [1.54, 1.807) is 11.8 Å². The third-order valence-corrected chi connectivity index (χ3v) is 4.04. The average Bonchev–Trinajstić information content (AvgIpc) is 2.75. The number of carbonyl (C=O) groups is 1. The van der Waals surface area contributed by atoms with Crippen LogP contribution in [-0.2, 0) is 9.53 Å². The molecule has 0 radical (unpaired) electrons. The van der Waals surface area contributed by atoms with Crippen molar-refractivity contribution < 1.29 is 9.53 Å². The van der Waals surface area contributed by atoms with Crippen molar-refractivity contribution in [1.82, 2.24) is 5.32 Å². The molecule has 0 aromatic heterocycles. The van der Waals surface area contributed by atoms with E-state index < -0.39 is 0 Å². The van der Waals surface area contributed by atoms with Crippen molar-refractivity contribution in [3.63, 3.8) is 0 Å². The normalized spacial score (nSPS) is 27.7. The number of anilines is 1. The molecule has 0 spiro atoms. The smallest absolute Gasteiger partial charge is 0.234 e. The minimum absolute atomic E-state index is 0.0680. The first-order valence-electron chi connectivity index (χ1n) is 5.68. The maximum Gasteiger partial charge on any atom is 0.234 e. The van der Waals surface area contributed by atoms with Gasteiger partial charge in [-0.15, -0.1) is 11.8 Å². The molecule has 1 amide bonds. The molecule has 90 valence electrons. The summed E-state index contributed by atoms with van der Waals surface area (Å²) in [6.07, 6.45) is 0.180. The molecule has 2 N–H and O–H groups in total. The Labute approximate surface area is 104 Å². The van der Waals surface area contributed by atoms with Gasteiger partial charge in [-0.25, -0.2) is 0 Å². The molecule has 1 saturated heterocycles. The Morgan fingerprint density at radius 3 is 3.12 bits per heavy atom. The Balaban J connectivity index is 1.87. The summed E-state index contributed by atoms with van der Waals surface area (Å²) in [5.41, 5.74) is 2.02. The summed E-state index contributed by atoms with van der Waals surface area (Å²) in [4.78, 5) is 12.5. The SMILES string of the molecule is CC1NCC(c2ccc3c(c2)NC(=O)CS3)O1. The fourth-order valence-corrected chi connectivity index (χ4v) is 2.90. The van der Waals surface area contributed by atoms with Gasteiger partial charge in [-0.3, -0.25) is 10.1 Å². The maximum atomic E-state index is 11.3. The number of carbonyl (C=O) groups excluding carboxylic acids is 1. The Bertz CT molecular complexity index is 464. The molecule has 0 saturated carbocycles. The van der Waals surface area contributed by atoms with Gasteiger partial charge in [0.2, 0.25) is 5.91 Å². The van der Waals surface area contributed by atoms with Crippen molar-refractivity contribution in [3.05, 3.63) is 23.8 Å². The molecule has 2 aliphatic rings. The van der Waals surface area contributed by atoms with Gasteiger partial charge in [0.15, 0.2) is 0 Å². The van der Waals surface area contributed by atoms with Gasteiger partial charge in [-0.1, -0.05) is 6.07 Å². The van der Waals surface area contributed by atoms with E-state index in [9.17, 15) is 4.79 Å². The Morgan fingerprint density at radius 2 is 2.35 bits per heavy atom. The highest BCUT2D eigenvalue weighted by Gasteiger charge is 2.24. The number of ether oxygens (including phenoxy) is 1. The van der Waals surface area contributed by atoms with Crippen LogP contribution in [0.15, 0.2) is 23.1 Å². The van der Waals surface area contributed by atoms with Gasteiger partial charge in [-0.05, 0) is 24.6 Å². The highest BCUT2D eigenvalue weighted by molar-refractivity contribution is 8.00. The zero-order valence-corrected chi connectivity index (χ0v) is 10.3. The number of thioether (sulfide) groups is 1. The van der Waals surface area contributed by atoms with E-state index >= 15 is 0 Å². The van der Waals surface area contributed by atoms with E-state index in [2.05, 4.69) is 22.8 Å². The van der Waals surface area contributed by atoms with Crippen molar-refractivity contribution >= 4 is 23.4 Å². The van der Waals surface area contributed by atoms with Crippen LogP contribution in [0.4, 0.5) is 5.69 Å². The second-order valence-corrected chi connectivity index (χ2v) is 5.28. The summed E-state index contributed by atoms with van der Waals surface area (Å²) in [6.45, 7) is 2.82. The zero-order chi connectivity index (χ0) is 11.8. The van der Waals surface area contributed by atoms with Crippen LogP contribution in [0.2, 0.25) is 0 Å². The number of hydrogen-bond donors (Lipinski definition) is 2. The summed E-state index contributed by atoms with van der Waals surface area (Å²) in [5.74, 6) is 0.573. The summed E-state index contributed by atoms with van der Waals surface area (Å²) < 4.78 is 5.73. The van der Waals surface area contributed by atoms with Gasteiger partial charge in [-0.2, -0.15) is 0 Å². The molecule has 2 aliphatic heterocycles. The summed E-state index contributed by atoms with van der Waals surface area (Å²) in [5, 5.41) is 6.14. The monoisotopic (exact) mass is 250 g/mol. The van der Waals surface area contributed by atoms with Crippen LogP contribution in [0.1, 0.15) is 18.6 Å². The standard InChI is InChI=1S/C12H14N2O2S/c1-7-13-5-10(16-7)8-2-3-11-9(4-8)14-12(15)6-17-11/h2-4,7,10,13H,5-6H2,1H3,(H,14,15). The van der Waals surface area contributed by atoms with Crippen molar-refractivity contribution in [2.24, 2.45) is 0 Å². The van der Waals surface area contributed by atoms with Gasteiger partial charge < -0.3 is 10.1 Å². The minimum Gasteiger partial charge on any atom is -0.354 e. The van der Waals surface area contributed by atoms with Crippen molar-refractivity contribution in [2.75, 3.05) is 17.6 Å². The van der Waals surface area contributed by atoms with Crippen LogP contribution >= 0.6 is 11.8 Å². The molecule has 4 nitrogen and oxygen atoms in total. The Kier molecular flexibility index (Phi) is 2.82. The summed E-state index contributed by atoms with van der Waals surface area (Å²) in [6, 6.07) is 6.15. The summed E-state index contributed by atoms with van der Waals surface area (Å²) >= 11 is 1.58. The average molecular weight is 250 g/mol. The highest BCUT2D eigenvalue weighted by Crippen LogP contribution is 2.34. The van der Waals surface area contributed by atoms with Crippen LogP contribution in [0.25, 0.3) is 0 Å². The van der Waals surface area contributed by atoms with Crippen LogP contribution in [0.3, 0.4) is 0 Å². The summed E-state index contributed by atoms with van der Waals surface area (Å²) in [7, 11) is 0. The van der Waals surface area contributed by atoms with E-state index in [0.717, 1.165) is 22.7 Å². The van der Waals surface area contributed by atoms with Crippen molar-refractivity contribution in [1.29, 1.82) is 0 Å². The van der Waals surface area contributed by atoms with Gasteiger partial charge in [0.05, 0.1) is 17.5 Å². The fraction of sp³-hybridized carbons (Fsp3) is 0.417. The lowest BCUT2D eigenvalue weighted by Crippen LogP contribution is -2.19. The van der Waals surface area contributed by atoms with E-state index in [1.807, 2.05) is 13.0 Å². The molecule has 2 unspecified atom stereocenters. The second-order valence-electron chi connectivity index (χ2n) is 4.27. The largest absolute Gasteiger partial charge is 0.354 e. The number of benzene rings is 1. The third-order valence-electron chi connectivity index (χ3n) is 2.97. The molecule has 5 heteroatoms. The predicted octanol–water partition coefficient (Wildman–Crippen LogP) is 1.74. The molecule has 2 heterocycles. The minimum atomic E-state index is 0.0680. The molecule has 0 bridgehead atoms. The first-order valence-corrected chi connectivity index (χ1v) is 6.66. The molecule has 2 atom stereocenters. The molecule has 17 heavy (non-hydrogen) atoms. The van der Waals surface area contributed by atoms with Crippen LogP contribution < -0.4 is 10.6 Å². The number of rotatable bonds is 1. The zero-order valence-electron chi connectivity index (χ0n) is 9.53. The van der Waals surface area contributed by atoms with Crippen LogP contribution in [0, 0.1) is 0 Å². The third kappa shape index (κ3) is 2.18. The molecular formula is C12H14N2O2S. The topological polar surface area (TPSA) is 50.4 Å². The van der Waals surface area contributed by atoms with E-state index in [0.29, 0.717) is 5.75 Å². The first kappa shape index (κ1) is 11.1. The van der Waals surface area contributed by atoms with E-state index in [1.165, 1.54) is 0 Å². The predicted molar refractivity (Wildman–Crippen MR) is 67.1 cm³/mol. The van der Waals surface area contributed by atoms with Crippen molar-refractivity contribution in [3.8, 4) is 0 Å². The number of fused-ring (bicyclic) bond motifs is 1. The fourth-order valence-electron chi connectivity index (χ4n) is 2.11. The Hall–Kier alpha value is -1.04. The van der Waals surface area contributed by atoms with E-state index in [-0.39, 0.29) is 18.2 Å². The molecule has 1 aromatic rings. The van der Waals surface area contributed by atoms with E-state index in [4.69, 9.17) is 4.74 Å². The quantitative estimate of drug-likeness (QED) is 0.797. The lowest BCUT2D eigenvalue weighted by atomic mass is 10.1. The van der Waals surface area contributed by atoms with Crippen LogP contribution in [-0.4, -0.2) is 24.4 Å². The van der Waals surface area contributed by atoms with Crippen molar-refractivity contribution in [2.45, 2.75) is 24.2 Å². The molecule has 1 aromatic carbocycles. The maximum absolute atomic E-state index is 11.3. The van der Waals surface area contributed by atoms with Gasteiger partial charge >= 0.3 is 0 Å². The molecular weight excluding hydrogens is 236 g/mol. The lowest BCUT2D eigenvalue weighted by molar-refractivity contribution is -0.113. The second kappa shape index (κ2) is 4.33. The highest BCUT2D eigenvalue weighted by atomic mass is 32.2. The Morgan fingerprint density at radius 1 is 1.47 bits per heavy atom. The molecule has 1 fully saturated rings. The molecule has 3 rings (SSSR count). The van der Waals surface area contributed by atoms with Gasteiger partial charge in [0.1, 0.15) is 6.23 Å². The number of nitrogens with one attached hydrogen (secondary N) is 2. The molecule has 0 aliphatic carbocycles.